The number of hydrogen-bond acceptors (Lipinski definition) is 8. The molecule has 52 heavy (non-hydrogen) atoms. The molecule has 3 aromatic carbocycles. The number of aromatic nitrogens is 2. The largest absolute Gasteiger partial charge is 0.683 e. The third-order valence-corrected chi connectivity index (χ3v) is 9.37. The van der Waals surface area contributed by atoms with Gasteiger partial charge in [-0.1, -0.05) is 62.2 Å². The molecule has 0 amide bonds. The predicted molar refractivity (Wildman–Crippen MR) is 215 cm³/mol. The quantitative estimate of drug-likeness (QED) is 0.0274. The number of nitrogens with one attached hydrogen (secondary N) is 3. The number of carbonyl (C=O) groups excluding carboxylic acids is 1. The molecule has 0 saturated heterocycles. The minimum Gasteiger partial charge on any atom is -0.683 e. The second kappa shape index (κ2) is 26.3. The molecule has 0 aliphatic carbocycles. The molecule has 11 heteroatoms. The Kier molecular flexibility index (Phi) is 23.6. The molecule has 1 radical (unpaired) electrons. The number of rotatable bonds is 17. The number of H-pyrrole nitrogens is 1. The van der Waals surface area contributed by atoms with Crippen molar-refractivity contribution in [1.29, 1.82) is 5.41 Å². The van der Waals surface area contributed by atoms with Gasteiger partial charge in [-0.2, -0.15) is 0 Å². The maximum Gasteiger partial charge on any atom is 0.189 e. The van der Waals surface area contributed by atoms with Crippen molar-refractivity contribution in [2.45, 2.75) is 70.6 Å². The summed E-state index contributed by atoms with van der Waals surface area (Å²) >= 11 is 1.74. The van der Waals surface area contributed by atoms with Crippen molar-refractivity contribution < 1.29 is 47.0 Å². The van der Waals surface area contributed by atoms with Crippen LogP contribution in [0.2, 0.25) is 0 Å². The second-order valence-corrected chi connectivity index (χ2v) is 12.8. The first-order valence-corrected chi connectivity index (χ1v) is 18.6. The van der Waals surface area contributed by atoms with E-state index in [9.17, 15) is 4.79 Å². The fraction of sp³-hybridized carbons (Fsp3) is 0.390. The zero-order valence-corrected chi connectivity index (χ0v) is 35.8. The number of aryl methyl sites for hydroxylation is 2. The zero-order chi connectivity index (χ0) is 37.6. The standard InChI is InChI=1S/C26H33N4OS.C14H19NO2.CH5N.Y/c1-19-11-6-7-12-20(19)17-21(26(27)31-2)23-18-29-25(30-23)15-5-4-10-16-28-22-13-8-9-14-24(22)32-3;1-10(9-16)11(2)12(3)15-13-5-7-14(17-4)8-6-13;1-2;/h6-9,11-14,18,21,27H,4-5,10,15-17H2,1-3H3,(H,29,30);5-10,15H,1-4H3;2H2,1H3;/q-1;;;/b;12-11+;;. The molecule has 0 fully saturated rings. The third kappa shape index (κ3) is 15.7. The van der Waals surface area contributed by atoms with Gasteiger partial charge in [0.15, 0.2) is 5.90 Å². The number of ether oxygens (including phenoxy) is 2. The molecule has 279 valence electrons. The van der Waals surface area contributed by atoms with E-state index >= 15 is 0 Å². The van der Waals surface area contributed by atoms with Crippen molar-refractivity contribution in [2.24, 2.45) is 11.7 Å². The van der Waals surface area contributed by atoms with Crippen molar-refractivity contribution >= 4 is 35.3 Å². The number of allylic oxidation sites excluding steroid dienone is 2. The molecule has 1 heterocycles. The molecule has 4 rings (SSSR count). The first kappa shape index (κ1) is 46.6. The third-order valence-electron chi connectivity index (χ3n) is 8.58. The first-order chi connectivity index (χ1) is 24.7. The Morgan fingerprint density at radius 1 is 1.02 bits per heavy atom. The maximum atomic E-state index is 10.7. The molecule has 0 aliphatic heterocycles. The van der Waals surface area contributed by atoms with E-state index in [0.717, 1.165) is 84.8 Å². The van der Waals surface area contributed by atoms with Gasteiger partial charge < -0.3 is 35.6 Å². The Bertz CT molecular complexity index is 1640. The Hall–Kier alpha value is -3.44. The van der Waals surface area contributed by atoms with E-state index in [-0.39, 0.29) is 50.4 Å². The summed E-state index contributed by atoms with van der Waals surface area (Å²) in [6.07, 6.45) is 9.78. The van der Waals surface area contributed by atoms with Gasteiger partial charge in [-0.25, -0.2) is 4.98 Å². The number of anilines is 1. The van der Waals surface area contributed by atoms with E-state index in [1.54, 1.807) is 26.0 Å². The van der Waals surface area contributed by atoms with Crippen LogP contribution in [-0.4, -0.2) is 56.2 Å². The number of nitrogens with two attached hydrogens (primary N) is 1. The van der Waals surface area contributed by atoms with Gasteiger partial charge in [0, 0.05) is 68.3 Å². The summed E-state index contributed by atoms with van der Waals surface area (Å²) in [6.45, 7) is 8.78. The smallest absolute Gasteiger partial charge is 0.189 e. The summed E-state index contributed by atoms with van der Waals surface area (Å²) in [5, 5.41) is 16.3. The number of methoxy groups -OCH3 is 2. The number of benzene rings is 3. The Balaban J connectivity index is 0.000000573. The van der Waals surface area contributed by atoms with Crippen molar-refractivity contribution in [1.82, 2.24) is 9.97 Å². The number of carbonyl (C=O) groups is 1. The van der Waals surface area contributed by atoms with Crippen LogP contribution >= 0.6 is 11.8 Å². The molecule has 0 aliphatic rings. The fourth-order valence-corrected chi connectivity index (χ4v) is 5.76. The van der Waals surface area contributed by atoms with Crippen LogP contribution in [0.25, 0.3) is 5.32 Å². The molecule has 5 N–H and O–H groups in total. The summed E-state index contributed by atoms with van der Waals surface area (Å²) in [7, 11) is 4.70. The van der Waals surface area contributed by atoms with Crippen LogP contribution < -0.4 is 15.8 Å². The van der Waals surface area contributed by atoms with Crippen LogP contribution in [0, 0.1) is 18.3 Å². The number of imidazole rings is 1. The number of hydrogen-bond donors (Lipinski definition) is 4. The van der Waals surface area contributed by atoms with E-state index in [2.05, 4.69) is 64.5 Å². The Morgan fingerprint density at radius 3 is 2.33 bits per heavy atom. The number of thioether (sulfide) groups is 1. The van der Waals surface area contributed by atoms with Gasteiger partial charge >= 0.3 is 0 Å². The van der Waals surface area contributed by atoms with E-state index in [4.69, 9.17) is 20.2 Å². The van der Waals surface area contributed by atoms with Crippen LogP contribution in [0.1, 0.15) is 68.6 Å². The predicted octanol–water partition coefficient (Wildman–Crippen LogP) is 9.62. The SMILES string of the molecule is CN.COC(=N)C(Cc1ccccc1C)c1cnc(CCCCC[N-]c2ccccc2SC)[nH]1.COc1ccc(N/C(C)=C(\C)C(C)C=O)cc1.[Y]. The molecular formula is C41H57N6O3SY-. The summed E-state index contributed by atoms with van der Waals surface area (Å²) in [4.78, 5) is 20.0. The van der Waals surface area contributed by atoms with Gasteiger partial charge in [0.25, 0.3) is 0 Å². The van der Waals surface area contributed by atoms with E-state index in [1.165, 1.54) is 23.1 Å². The minimum atomic E-state index is -0.155. The van der Waals surface area contributed by atoms with Gasteiger partial charge in [-0.15, -0.1) is 24.0 Å². The van der Waals surface area contributed by atoms with Gasteiger partial charge in [0.1, 0.15) is 17.9 Å². The van der Waals surface area contributed by atoms with Crippen molar-refractivity contribution in [3.05, 3.63) is 118 Å². The van der Waals surface area contributed by atoms with Crippen molar-refractivity contribution in [3.63, 3.8) is 0 Å². The van der Waals surface area contributed by atoms with Crippen molar-refractivity contribution in [3.8, 4) is 5.75 Å². The maximum absolute atomic E-state index is 10.7. The molecule has 0 saturated carbocycles. The molecule has 2 unspecified atom stereocenters. The molecule has 1 aromatic heterocycles. The average Bonchev–Trinajstić information content (AvgIpc) is 3.64. The number of aldehydes is 1. The summed E-state index contributed by atoms with van der Waals surface area (Å²) in [6, 6.07) is 24.3. The Morgan fingerprint density at radius 2 is 1.69 bits per heavy atom. The van der Waals surface area contributed by atoms with Crippen LogP contribution in [-0.2, 0) is 55.1 Å². The van der Waals surface area contributed by atoms with Gasteiger partial charge in [0.2, 0.25) is 0 Å². The van der Waals surface area contributed by atoms with Crippen LogP contribution in [0.4, 0.5) is 11.4 Å². The fourth-order valence-electron chi connectivity index (χ4n) is 5.20. The first-order valence-electron chi connectivity index (χ1n) is 17.3. The average molecular weight is 803 g/mol. The molecular weight excluding hydrogens is 745 g/mol. The van der Waals surface area contributed by atoms with Gasteiger partial charge in [-0.3, -0.25) is 5.41 Å². The summed E-state index contributed by atoms with van der Waals surface area (Å²) < 4.78 is 10.4. The number of para-hydroxylation sites is 1. The molecule has 0 spiro atoms. The van der Waals surface area contributed by atoms with Crippen LogP contribution in [0.15, 0.2) is 95.2 Å². The Labute approximate surface area is 341 Å². The van der Waals surface area contributed by atoms with Crippen LogP contribution in [0.5, 0.6) is 5.75 Å². The number of unbranched alkanes of at least 4 members (excludes halogenated alkanes) is 2. The molecule has 0 bridgehead atoms. The summed E-state index contributed by atoms with van der Waals surface area (Å²) in [5.74, 6) is 1.85. The van der Waals surface area contributed by atoms with E-state index in [0.29, 0.717) is 0 Å². The molecule has 2 atom stereocenters. The number of nitrogens with zero attached hydrogens (tertiary/aromatic N) is 2. The van der Waals surface area contributed by atoms with Gasteiger partial charge in [0.05, 0.1) is 20.1 Å². The van der Waals surface area contributed by atoms with Crippen molar-refractivity contribution in [2.75, 3.05) is 39.4 Å². The molecule has 4 aromatic rings. The number of aromatic amines is 1. The van der Waals surface area contributed by atoms with E-state index in [1.807, 2.05) is 69.4 Å². The normalized spacial score (nSPS) is 11.9. The van der Waals surface area contributed by atoms with Gasteiger partial charge in [-0.05, 0) is 98.8 Å². The molecule has 9 nitrogen and oxygen atoms in total. The minimum absolute atomic E-state index is 0. The summed E-state index contributed by atoms with van der Waals surface area (Å²) in [5.41, 5.74) is 12.0. The van der Waals surface area contributed by atoms with E-state index < -0.39 is 0 Å². The zero-order valence-electron chi connectivity index (χ0n) is 32.2. The monoisotopic (exact) mass is 802 g/mol. The topological polar surface area (TPSA) is 140 Å². The second-order valence-electron chi connectivity index (χ2n) is 12.0. The van der Waals surface area contributed by atoms with Crippen LogP contribution in [0.3, 0.4) is 0 Å².